The first-order valence-corrected chi connectivity index (χ1v) is 13.0. The van der Waals surface area contributed by atoms with Gasteiger partial charge in [0.05, 0.1) is 22.3 Å². The monoisotopic (exact) mass is 631 g/mol. The van der Waals surface area contributed by atoms with E-state index in [4.69, 9.17) is 32.7 Å². The number of halogens is 3. The van der Waals surface area contributed by atoms with Crippen molar-refractivity contribution in [2.45, 2.75) is 6.92 Å². The minimum absolute atomic E-state index is 0.241. The van der Waals surface area contributed by atoms with Gasteiger partial charge in [0.2, 0.25) is 0 Å². The van der Waals surface area contributed by atoms with E-state index in [0.717, 1.165) is 9.37 Å². The molecule has 0 aliphatic carbocycles. The van der Waals surface area contributed by atoms with Gasteiger partial charge in [0, 0.05) is 10.2 Å². The highest BCUT2D eigenvalue weighted by Crippen LogP contribution is 2.31. The maximum absolute atomic E-state index is 13.1. The third-order valence-corrected chi connectivity index (χ3v) is 6.59. The highest BCUT2D eigenvalue weighted by Gasteiger charge is 2.36. The van der Waals surface area contributed by atoms with Gasteiger partial charge in [-0.15, -0.1) is 0 Å². The van der Waals surface area contributed by atoms with Gasteiger partial charge in [-0.25, -0.2) is 9.69 Å². The summed E-state index contributed by atoms with van der Waals surface area (Å²) >= 11 is 15.2. The lowest BCUT2D eigenvalue weighted by atomic mass is 10.1. The van der Waals surface area contributed by atoms with Crippen molar-refractivity contribution in [3.05, 3.63) is 86.3 Å². The Hall–Kier alpha value is -3.86. The van der Waals surface area contributed by atoms with E-state index < -0.39 is 23.8 Å². The van der Waals surface area contributed by atoms with Gasteiger partial charge in [0.1, 0.15) is 5.57 Å². The molecule has 0 atom stereocenters. The molecule has 12 heteroatoms. The smallest absolute Gasteiger partial charge is 0.335 e. The van der Waals surface area contributed by atoms with Crippen LogP contribution >= 0.6 is 39.1 Å². The summed E-state index contributed by atoms with van der Waals surface area (Å²) in [7, 11) is 0. The summed E-state index contributed by atoms with van der Waals surface area (Å²) in [6.07, 6.45) is 1.35. The Morgan fingerprint density at radius 3 is 2.41 bits per heavy atom. The predicted octanol–water partition coefficient (Wildman–Crippen LogP) is 5.84. The van der Waals surface area contributed by atoms with Crippen LogP contribution in [0.4, 0.5) is 16.2 Å². The van der Waals surface area contributed by atoms with Crippen molar-refractivity contribution < 1.29 is 28.7 Å². The van der Waals surface area contributed by atoms with Gasteiger partial charge in [0.25, 0.3) is 17.7 Å². The van der Waals surface area contributed by atoms with Crippen LogP contribution in [-0.4, -0.2) is 37.0 Å². The normalized spacial score (nSPS) is 14.3. The second kappa shape index (κ2) is 12.3. The van der Waals surface area contributed by atoms with Gasteiger partial charge >= 0.3 is 6.03 Å². The van der Waals surface area contributed by atoms with Crippen LogP contribution in [0.1, 0.15) is 12.5 Å². The average molecular weight is 633 g/mol. The number of hydrogen-bond donors (Lipinski definition) is 2. The van der Waals surface area contributed by atoms with Crippen molar-refractivity contribution >= 4 is 80.3 Å². The van der Waals surface area contributed by atoms with Crippen LogP contribution in [0.25, 0.3) is 6.08 Å². The molecule has 1 fully saturated rings. The van der Waals surface area contributed by atoms with E-state index >= 15 is 0 Å². The first-order chi connectivity index (χ1) is 18.7. The molecule has 4 rings (SSSR count). The molecule has 3 aromatic rings. The number of imide groups is 2. The quantitative estimate of drug-likeness (QED) is 0.238. The van der Waals surface area contributed by atoms with E-state index in [0.29, 0.717) is 32.7 Å². The molecule has 1 aliphatic rings. The van der Waals surface area contributed by atoms with E-state index in [2.05, 4.69) is 26.6 Å². The Morgan fingerprint density at radius 1 is 0.974 bits per heavy atom. The van der Waals surface area contributed by atoms with E-state index in [1.165, 1.54) is 12.1 Å². The number of carbonyl (C=O) groups is 4. The number of benzene rings is 3. The molecule has 1 heterocycles. The zero-order valence-corrected chi connectivity index (χ0v) is 23.4. The molecule has 3 aromatic carbocycles. The van der Waals surface area contributed by atoms with Crippen molar-refractivity contribution in [3.63, 3.8) is 0 Å². The molecule has 0 aromatic heterocycles. The van der Waals surface area contributed by atoms with Crippen LogP contribution in [0.2, 0.25) is 10.0 Å². The molecule has 1 aliphatic heterocycles. The van der Waals surface area contributed by atoms with Crippen LogP contribution in [0, 0.1) is 0 Å². The molecule has 200 valence electrons. The highest BCUT2D eigenvalue weighted by atomic mass is 79.9. The van der Waals surface area contributed by atoms with Gasteiger partial charge in [-0.3, -0.25) is 19.7 Å². The Morgan fingerprint density at radius 2 is 1.72 bits per heavy atom. The van der Waals surface area contributed by atoms with Gasteiger partial charge in [-0.1, -0.05) is 45.2 Å². The molecule has 0 saturated carbocycles. The number of anilines is 2. The Bertz CT molecular complexity index is 1490. The topological polar surface area (TPSA) is 114 Å². The SMILES string of the molecule is CCOc1cc(/C=C2\C(=O)NC(=O)N(c3ccc(Br)cc3)C2=O)ccc1OCC(=O)Nc1ccc(Cl)c(Cl)c1. The summed E-state index contributed by atoms with van der Waals surface area (Å²) in [6.45, 7) is 1.73. The van der Waals surface area contributed by atoms with Crippen LogP contribution in [0.15, 0.2) is 70.7 Å². The number of amides is 5. The lowest BCUT2D eigenvalue weighted by Crippen LogP contribution is -2.54. The van der Waals surface area contributed by atoms with Crippen LogP contribution in [-0.2, 0) is 14.4 Å². The van der Waals surface area contributed by atoms with Crippen LogP contribution < -0.4 is 25.0 Å². The van der Waals surface area contributed by atoms with Crippen LogP contribution in [0.3, 0.4) is 0 Å². The van der Waals surface area contributed by atoms with Crippen molar-refractivity contribution in [2.24, 2.45) is 0 Å². The molecular weight excluding hydrogens is 613 g/mol. The van der Waals surface area contributed by atoms with Crippen molar-refractivity contribution in [1.82, 2.24) is 5.32 Å². The molecule has 2 N–H and O–H groups in total. The number of carbonyl (C=O) groups excluding carboxylic acids is 4. The summed E-state index contributed by atoms with van der Waals surface area (Å²) < 4.78 is 12.1. The maximum atomic E-state index is 13.1. The number of rotatable bonds is 8. The van der Waals surface area contributed by atoms with Crippen molar-refractivity contribution in [2.75, 3.05) is 23.4 Å². The van der Waals surface area contributed by atoms with Gasteiger partial charge in [0.15, 0.2) is 18.1 Å². The second-order valence-electron chi connectivity index (χ2n) is 8.04. The van der Waals surface area contributed by atoms with Crippen LogP contribution in [0.5, 0.6) is 11.5 Å². The fraction of sp³-hybridized carbons (Fsp3) is 0.111. The number of nitrogens with zero attached hydrogens (tertiary/aromatic N) is 1. The minimum Gasteiger partial charge on any atom is -0.490 e. The van der Waals surface area contributed by atoms with E-state index in [9.17, 15) is 19.2 Å². The zero-order valence-electron chi connectivity index (χ0n) is 20.3. The summed E-state index contributed by atoms with van der Waals surface area (Å²) in [4.78, 5) is 51.3. The summed E-state index contributed by atoms with van der Waals surface area (Å²) in [5, 5.41) is 5.50. The first kappa shape index (κ1) is 28.2. The number of hydrogen-bond acceptors (Lipinski definition) is 6. The molecular formula is C27H20BrCl2N3O6. The van der Waals surface area contributed by atoms with Gasteiger partial charge in [-0.2, -0.15) is 0 Å². The molecule has 1 saturated heterocycles. The van der Waals surface area contributed by atoms with E-state index in [1.807, 2.05) is 0 Å². The third kappa shape index (κ3) is 6.78. The number of barbiturate groups is 1. The molecule has 5 amide bonds. The predicted molar refractivity (Wildman–Crippen MR) is 151 cm³/mol. The Kier molecular flexibility index (Phi) is 8.90. The van der Waals surface area contributed by atoms with Gasteiger partial charge < -0.3 is 14.8 Å². The standard InChI is InChI=1S/C27H20BrCl2N3O6/c1-2-38-23-12-15(3-10-22(23)39-14-24(34)31-17-6-9-20(29)21(30)13-17)11-19-25(35)32-27(37)33(26(19)36)18-7-4-16(28)5-8-18/h3-13H,2,14H2,1H3,(H,31,34)(H,32,35,37)/b19-11+. The molecule has 0 radical (unpaired) electrons. The number of urea groups is 1. The summed E-state index contributed by atoms with van der Waals surface area (Å²) in [5.41, 5.74) is 0.956. The van der Waals surface area contributed by atoms with E-state index in [-0.39, 0.29) is 24.5 Å². The molecule has 9 nitrogen and oxygen atoms in total. The summed E-state index contributed by atoms with van der Waals surface area (Å²) in [6, 6.07) is 15.0. The maximum Gasteiger partial charge on any atom is 0.335 e. The Labute approximate surface area is 241 Å². The number of ether oxygens (including phenoxy) is 2. The zero-order chi connectivity index (χ0) is 28.1. The average Bonchev–Trinajstić information content (AvgIpc) is 2.89. The highest BCUT2D eigenvalue weighted by molar-refractivity contribution is 9.10. The number of nitrogens with one attached hydrogen (secondary N) is 2. The first-order valence-electron chi connectivity index (χ1n) is 11.5. The third-order valence-electron chi connectivity index (χ3n) is 5.33. The largest absolute Gasteiger partial charge is 0.490 e. The fourth-order valence-corrected chi connectivity index (χ4v) is 4.13. The lowest BCUT2D eigenvalue weighted by Gasteiger charge is -2.26. The second-order valence-corrected chi connectivity index (χ2v) is 9.77. The molecule has 0 unspecified atom stereocenters. The van der Waals surface area contributed by atoms with Crippen molar-refractivity contribution in [3.8, 4) is 11.5 Å². The minimum atomic E-state index is -0.845. The summed E-state index contributed by atoms with van der Waals surface area (Å²) in [5.74, 6) is -1.48. The van der Waals surface area contributed by atoms with E-state index in [1.54, 1.807) is 61.5 Å². The van der Waals surface area contributed by atoms with Crippen molar-refractivity contribution in [1.29, 1.82) is 0 Å². The molecule has 0 spiro atoms. The van der Waals surface area contributed by atoms with Gasteiger partial charge in [-0.05, 0) is 73.2 Å². The Balaban J connectivity index is 1.52. The molecule has 0 bridgehead atoms. The fourth-order valence-electron chi connectivity index (χ4n) is 3.57. The molecule has 39 heavy (non-hydrogen) atoms. The lowest BCUT2D eigenvalue weighted by molar-refractivity contribution is -0.122.